The van der Waals surface area contributed by atoms with Crippen LogP contribution < -0.4 is 0 Å². The molecule has 0 aliphatic heterocycles. The number of fused-ring (bicyclic) bond motifs is 5. The van der Waals surface area contributed by atoms with Gasteiger partial charge in [-0.1, -0.05) is 59.8 Å². The molecule has 0 aromatic heterocycles. The Hall–Kier alpha value is -0.860. The van der Waals surface area contributed by atoms with Crippen molar-refractivity contribution in [2.24, 2.45) is 40.4 Å². The van der Waals surface area contributed by atoms with E-state index in [9.17, 15) is 9.59 Å². The van der Waals surface area contributed by atoms with Crippen molar-refractivity contribution in [3.63, 3.8) is 0 Å². The zero-order valence-electron chi connectivity index (χ0n) is 21.3. The van der Waals surface area contributed by atoms with Gasteiger partial charge in [-0.05, 0) is 80.0 Å². The third kappa shape index (κ3) is 4.56. The van der Waals surface area contributed by atoms with Gasteiger partial charge in [0.05, 0.1) is 0 Å². The Morgan fingerprint density at radius 3 is 2.56 bits per heavy atom. The molecule has 4 aliphatic rings. The van der Waals surface area contributed by atoms with Gasteiger partial charge in [-0.3, -0.25) is 9.59 Å². The van der Waals surface area contributed by atoms with Crippen LogP contribution in [0.4, 0.5) is 0 Å². The van der Waals surface area contributed by atoms with Crippen LogP contribution in [-0.4, -0.2) is 17.9 Å². The van der Waals surface area contributed by atoms with Crippen LogP contribution in [0, 0.1) is 40.4 Å². The first-order chi connectivity index (χ1) is 15.3. The third-order valence-electron chi connectivity index (χ3n) is 10.7. The fourth-order valence-electron chi connectivity index (χ4n) is 8.70. The predicted molar refractivity (Wildman–Crippen MR) is 129 cm³/mol. The first-order valence-electron chi connectivity index (χ1n) is 14.0. The van der Waals surface area contributed by atoms with E-state index in [1.807, 2.05) is 0 Å². The maximum Gasteiger partial charge on any atom is 0.306 e. The minimum Gasteiger partial charge on any atom is -0.462 e. The van der Waals surface area contributed by atoms with Crippen LogP contribution >= 0.6 is 0 Å². The normalized spacial score (nSPS) is 42.0. The fourth-order valence-corrected chi connectivity index (χ4v) is 8.70. The van der Waals surface area contributed by atoms with Gasteiger partial charge in [0.2, 0.25) is 0 Å². The summed E-state index contributed by atoms with van der Waals surface area (Å²) < 4.78 is 6.22. The van der Waals surface area contributed by atoms with Crippen molar-refractivity contribution in [1.29, 1.82) is 0 Å². The minimum absolute atomic E-state index is 0.0449. The van der Waals surface area contributed by atoms with Crippen molar-refractivity contribution in [1.82, 2.24) is 0 Å². The fraction of sp³-hybridized carbons (Fsp3) is 0.931. The summed E-state index contributed by atoms with van der Waals surface area (Å²) in [6.45, 7) is 9.40. The molecule has 0 aromatic rings. The van der Waals surface area contributed by atoms with Gasteiger partial charge in [-0.15, -0.1) is 0 Å². The second-order valence-corrected chi connectivity index (χ2v) is 12.7. The lowest BCUT2D eigenvalue weighted by molar-refractivity contribution is -0.165. The van der Waals surface area contributed by atoms with E-state index in [2.05, 4.69) is 27.7 Å². The monoisotopic (exact) mass is 444 g/mol. The molecule has 0 bridgehead atoms. The summed E-state index contributed by atoms with van der Waals surface area (Å²) in [6, 6.07) is 0. The Labute approximate surface area is 196 Å². The second kappa shape index (κ2) is 9.79. The predicted octanol–water partition coefficient (Wildman–Crippen LogP) is 7.51. The maximum atomic E-state index is 12.8. The highest BCUT2D eigenvalue weighted by atomic mass is 16.5. The minimum atomic E-state index is 0.0449. The largest absolute Gasteiger partial charge is 0.462 e. The summed E-state index contributed by atoms with van der Waals surface area (Å²) in [5, 5.41) is 0. The molecule has 4 saturated carbocycles. The average molecular weight is 445 g/mol. The van der Waals surface area contributed by atoms with Gasteiger partial charge < -0.3 is 4.74 Å². The van der Waals surface area contributed by atoms with Crippen molar-refractivity contribution in [2.75, 3.05) is 0 Å². The van der Waals surface area contributed by atoms with Crippen LogP contribution in [0.1, 0.15) is 124 Å². The molecular weight excluding hydrogens is 396 g/mol. The summed E-state index contributed by atoms with van der Waals surface area (Å²) in [5.41, 5.74) is 0.523. The van der Waals surface area contributed by atoms with Crippen LogP contribution in [0.5, 0.6) is 0 Å². The van der Waals surface area contributed by atoms with Gasteiger partial charge in [0.15, 0.2) is 0 Å². The van der Waals surface area contributed by atoms with Gasteiger partial charge in [0.25, 0.3) is 0 Å². The highest BCUT2D eigenvalue weighted by molar-refractivity contribution is 5.79. The van der Waals surface area contributed by atoms with Crippen molar-refractivity contribution < 1.29 is 14.3 Å². The molecule has 4 rings (SSSR count). The smallest absolute Gasteiger partial charge is 0.306 e. The molecule has 2 unspecified atom stereocenters. The van der Waals surface area contributed by atoms with Gasteiger partial charge in [-0.2, -0.15) is 0 Å². The maximum absolute atomic E-state index is 12.8. The van der Waals surface area contributed by atoms with Crippen molar-refractivity contribution >= 4 is 11.8 Å². The van der Waals surface area contributed by atoms with E-state index in [0.717, 1.165) is 43.9 Å². The van der Waals surface area contributed by atoms with Crippen LogP contribution in [-0.2, 0) is 14.3 Å². The number of rotatable bonds is 8. The van der Waals surface area contributed by atoms with Crippen LogP contribution in [0.3, 0.4) is 0 Å². The zero-order chi connectivity index (χ0) is 22.9. The molecule has 0 aromatic carbocycles. The molecule has 0 spiro atoms. The summed E-state index contributed by atoms with van der Waals surface area (Å²) in [6.07, 6.45) is 16.9. The quantitative estimate of drug-likeness (QED) is 0.287. The number of carbonyl (C=O) groups is 2. The lowest BCUT2D eigenvalue weighted by atomic mass is 9.45. The Morgan fingerprint density at radius 1 is 1.00 bits per heavy atom. The summed E-state index contributed by atoms with van der Waals surface area (Å²) in [7, 11) is 0. The Kier molecular flexibility index (Phi) is 7.42. The Bertz CT molecular complexity index is 686. The molecule has 32 heavy (non-hydrogen) atoms. The molecule has 4 aliphatic carbocycles. The molecule has 4 fully saturated rings. The lowest BCUT2D eigenvalue weighted by Gasteiger charge is -2.60. The van der Waals surface area contributed by atoms with E-state index in [1.165, 1.54) is 57.8 Å². The molecule has 0 saturated heterocycles. The SMILES string of the molecule is CCCCCCC(C)CC(=O)O[C@H]1CC[C@H]2[C@@H]3CCC4CC(=O)CC[C@]4(C)[C@H]3CC[C@]12C. The number of Topliss-reactive ketones (excluding diaryl/α,β-unsaturated/α-hetero) is 1. The molecule has 0 heterocycles. The van der Waals surface area contributed by atoms with Crippen LogP contribution in [0.15, 0.2) is 0 Å². The number of carbonyl (C=O) groups excluding carboxylic acids is 2. The molecule has 3 heteroatoms. The third-order valence-corrected chi connectivity index (χ3v) is 10.7. The Balaban J connectivity index is 1.35. The van der Waals surface area contributed by atoms with Gasteiger partial charge >= 0.3 is 5.97 Å². The molecule has 182 valence electrons. The van der Waals surface area contributed by atoms with E-state index in [0.29, 0.717) is 35.4 Å². The molecular formula is C29H48O3. The molecule has 8 atom stereocenters. The lowest BCUT2D eigenvalue weighted by Crippen LogP contribution is -2.54. The molecule has 3 nitrogen and oxygen atoms in total. The van der Waals surface area contributed by atoms with Crippen LogP contribution in [0.25, 0.3) is 0 Å². The highest BCUT2D eigenvalue weighted by Crippen LogP contribution is 2.66. The number of hydrogen-bond acceptors (Lipinski definition) is 3. The zero-order valence-corrected chi connectivity index (χ0v) is 21.3. The van der Waals surface area contributed by atoms with Gasteiger partial charge in [-0.25, -0.2) is 0 Å². The first kappa shape index (κ1) is 24.3. The Morgan fingerprint density at radius 2 is 1.78 bits per heavy atom. The summed E-state index contributed by atoms with van der Waals surface area (Å²) in [5.74, 6) is 3.82. The topological polar surface area (TPSA) is 43.4 Å². The number of ketones is 1. The van der Waals surface area contributed by atoms with Gasteiger partial charge in [0, 0.05) is 24.7 Å². The van der Waals surface area contributed by atoms with Crippen molar-refractivity contribution in [3.8, 4) is 0 Å². The first-order valence-corrected chi connectivity index (χ1v) is 14.0. The molecule has 0 N–H and O–H groups in total. The van der Waals surface area contributed by atoms with E-state index in [1.54, 1.807) is 0 Å². The summed E-state index contributed by atoms with van der Waals surface area (Å²) in [4.78, 5) is 24.9. The van der Waals surface area contributed by atoms with Crippen molar-refractivity contribution in [2.45, 2.75) is 130 Å². The van der Waals surface area contributed by atoms with E-state index < -0.39 is 0 Å². The number of hydrogen-bond donors (Lipinski definition) is 0. The molecule has 0 radical (unpaired) electrons. The standard InChI is InChI=1S/C29H48O3/c1-5-6-7-8-9-20(2)18-27(31)32-26-13-12-24-23-11-10-21-19-22(30)14-16-28(21,3)25(23)15-17-29(24,26)4/h20-21,23-26H,5-19H2,1-4H3/t20?,21?,23-,24-,25-,26-,28-,29-/m0/s1. The number of unbranched alkanes of at least 4 members (excludes halogenated alkanes) is 3. The number of ether oxygens (including phenoxy) is 1. The van der Waals surface area contributed by atoms with Gasteiger partial charge in [0.1, 0.15) is 11.9 Å². The van der Waals surface area contributed by atoms with Crippen molar-refractivity contribution in [3.05, 3.63) is 0 Å². The molecule has 0 amide bonds. The second-order valence-electron chi connectivity index (χ2n) is 12.7. The highest BCUT2D eigenvalue weighted by Gasteiger charge is 2.61. The summed E-state index contributed by atoms with van der Waals surface area (Å²) >= 11 is 0. The average Bonchev–Trinajstić information content (AvgIpc) is 3.08. The van der Waals surface area contributed by atoms with Crippen LogP contribution in [0.2, 0.25) is 0 Å². The van der Waals surface area contributed by atoms with E-state index in [4.69, 9.17) is 4.74 Å². The van der Waals surface area contributed by atoms with E-state index >= 15 is 0 Å². The van der Waals surface area contributed by atoms with E-state index in [-0.39, 0.29) is 17.5 Å². The number of esters is 1.